The van der Waals surface area contributed by atoms with Crippen LogP contribution in [0.3, 0.4) is 0 Å². The summed E-state index contributed by atoms with van der Waals surface area (Å²) < 4.78 is 4.91. The molecule has 7 heteroatoms. The van der Waals surface area contributed by atoms with E-state index in [1.165, 1.54) is 6.20 Å². The predicted octanol–water partition coefficient (Wildman–Crippen LogP) is -0.563. The van der Waals surface area contributed by atoms with Crippen molar-refractivity contribution >= 4 is 6.01 Å². The second kappa shape index (κ2) is 2.04. The fourth-order valence-corrected chi connectivity index (χ4v) is 0.657. The molecule has 11 heavy (non-hydrogen) atoms. The Morgan fingerprint density at radius 3 is 3.00 bits per heavy atom. The summed E-state index contributed by atoms with van der Waals surface area (Å²) in [6, 6.07) is 0.0878. The molecule has 7 nitrogen and oxygen atoms in total. The highest BCUT2D eigenvalue weighted by Crippen LogP contribution is 2.14. The van der Waals surface area contributed by atoms with Gasteiger partial charge in [-0.05, 0) is 5.21 Å². The van der Waals surface area contributed by atoms with Gasteiger partial charge in [0.2, 0.25) is 5.82 Å². The number of tetrazole rings is 1. The Bertz CT molecular complexity index is 337. The summed E-state index contributed by atoms with van der Waals surface area (Å²) in [5.74, 6) is 0.741. The maximum absolute atomic E-state index is 5.22. The van der Waals surface area contributed by atoms with Gasteiger partial charge in [0, 0.05) is 0 Å². The van der Waals surface area contributed by atoms with Crippen molar-refractivity contribution in [2.24, 2.45) is 0 Å². The fraction of sp³-hybridized carbons (Fsp3) is 0. The van der Waals surface area contributed by atoms with Crippen molar-refractivity contribution in [2.45, 2.75) is 0 Å². The molecule has 0 atom stereocenters. The number of nitrogens with two attached hydrogens (primary N) is 1. The normalized spacial score (nSPS) is 10.2. The van der Waals surface area contributed by atoms with Gasteiger partial charge in [0.05, 0.1) is 6.20 Å². The summed E-state index contributed by atoms with van der Waals surface area (Å²) in [5.41, 5.74) is 5.22. The van der Waals surface area contributed by atoms with Crippen LogP contribution in [0.5, 0.6) is 0 Å². The second-order valence-electron chi connectivity index (χ2n) is 1.80. The van der Waals surface area contributed by atoms with Crippen molar-refractivity contribution in [2.75, 3.05) is 5.73 Å². The Morgan fingerprint density at radius 2 is 2.45 bits per heavy atom. The molecular formula is C4H4N6O. The van der Waals surface area contributed by atoms with Crippen LogP contribution < -0.4 is 5.73 Å². The van der Waals surface area contributed by atoms with Gasteiger partial charge in [0.15, 0.2) is 5.76 Å². The van der Waals surface area contributed by atoms with Crippen molar-refractivity contribution in [1.29, 1.82) is 0 Å². The van der Waals surface area contributed by atoms with Crippen LogP contribution in [0.1, 0.15) is 0 Å². The number of nitrogens with zero attached hydrogens (tertiary/aromatic N) is 4. The van der Waals surface area contributed by atoms with Crippen LogP contribution in [0.2, 0.25) is 0 Å². The Morgan fingerprint density at radius 1 is 1.55 bits per heavy atom. The molecule has 56 valence electrons. The number of aromatic amines is 1. The van der Waals surface area contributed by atoms with Gasteiger partial charge in [-0.15, -0.1) is 10.2 Å². The average molecular weight is 152 g/mol. The van der Waals surface area contributed by atoms with Crippen LogP contribution in [0.4, 0.5) is 6.01 Å². The molecule has 2 aromatic heterocycles. The minimum Gasteiger partial charge on any atom is -0.420 e. The first-order valence-corrected chi connectivity index (χ1v) is 2.81. The largest absolute Gasteiger partial charge is 0.420 e. The van der Waals surface area contributed by atoms with E-state index in [1.54, 1.807) is 0 Å². The number of H-pyrrole nitrogens is 1. The number of nitrogens with one attached hydrogen (secondary N) is 1. The second-order valence-corrected chi connectivity index (χ2v) is 1.80. The van der Waals surface area contributed by atoms with Gasteiger partial charge in [-0.3, -0.25) is 0 Å². The maximum atomic E-state index is 5.22. The van der Waals surface area contributed by atoms with E-state index < -0.39 is 0 Å². The molecule has 0 aliphatic carbocycles. The van der Waals surface area contributed by atoms with Crippen LogP contribution in [-0.4, -0.2) is 25.6 Å². The molecule has 2 rings (SSSR count). The quantitative estimate of drug-likeness (QED) is 0.567. The van der Waals surface area contributed by atoms with Gasteiger partial charge in [-0.1, -0.05) is 0 Å². The summed E-state index contributed by atoms with van der Waals surface area (Å²) in [6.07, 6.45) is 1.43. The first-order chi connectivity index (χ1) is 5.36. The van der Waals surface area contributed by atoms with E-state index in [2.05, 4.69) is 25.6 Å². The van der Waals surface area contributed by atoms with E-state index in [0.717, 1.165) is 0 Å². The maximum Gasteiger partial charge on any atom is 0.292 e. The van der Waals surface area contributed by atoms with Crippen LogP contribution in [0.15, 0.2) is 10.6 Å². The summed E-state index contributed by atoms with van der Waals surface area (Å²) in [4.78, 5) is 3.66. The van der Waals surface area contributed by atoms with Gasteiger partial charge in [-0.25, -0.2) is 4.98 Å². The Hall–Kier alpha value is -1.92. The van der Waals surface area contributed by atoms with Crippen LogP contribution >= 0.6 is 0 Å². The molecule has 0 fully saturated rings. The lowest BCUT2D eigenvalue weighted by Gasteiger charge is -1.80. The number of hydrogen-bond donors (Lipinski definition) is 2. The Balaban J connectivity index is 2.45. The summed E-state index contributed by atoms with van der Waals surface area (Å²) in [7, 11) is 0. The number of aromatic nitrogens is 5. The summed E-state index contributed by atoms with van der Waals surface area (Å²) >= 11 is 0. The number of rotatable bonds is 1. The van der Waals surface area contributed by atoms with Crippen molar-refractivity contribution < 1.29 is 4.42 Å². The number of oxazole rings is 1. The monoisotopic (exact) mass is 152 g/mol. The lowest BCUT2D eigenvalue weighted by Crippen LogP contribution is -1.80. The minimum absolute atomic E-state index is 0.0878. The molecule has 0 aromatic carbocycles. The predicted molar refractivity (Wildman–Crippen MR) is 34.1 cm³/mol. The highest BCUT2D eigenvalue weighted by molar-refractivity contribution is 5.44. The van der Waals surface area contributed by atoms with Crippen molar-refractivity contribution in [3.8, 4) is 11.6 Å². The topological polar surface area (TPSA) is 107 Å². The number of anilines is 1. The molecular weight excluding hydrogens is 148 g/mol. The number of nitrogen functional groups attached to an aromatic ring is 1. The minimum atomic E-state index is 0.0878. The summed E-state index contributed by atoms with van der Waals surface area (Å²) in [6.45, 7) is 0. The lowest BCUT2D eigenvalue weighted by atomic mass is 10.5. The van der Waals surface area contributed by atoms with Crippen molar-refractivity contribution in [3.63, 3.8) is 0 Å². The molecule has 0 radical (unpaired) electrons. The van der Waals surface area contributed by atoms with Crippen LogP contribution in [0, 0.1) is 0 Å². The van der Waals surface area contributed by atoms with Gasteiger partial charge in [-0.2, -0.15) is 5.21 Å². The molecule has 0 aliphatic heterocycles. The van der Waals surface area contributed by atoms with Crippen LogP contribution in [-0.2, 0) is 0 Å². The third-order valence-corrected chi connectivity index (χ3v) is 1.09. The van der Waals surface area contributed by atoms with E-state index in [1.807, 2.05) is 0 Å². The summed E-state index contributed by atoms with van der Waals surface area (Å²) in [5, 5.41) is 12.9. The third kappa shape index (κ3) is 0.914. The molecule has 2 aromatic rings. The van der Waals surface area contributed by atoms with E-state index in [0.29, 0.717) is 11.6 Å². The van der Waals surface area contributed by atoms with Crippen molar-refractivity contribution in [1.82, 2.24) is 25.6 Å². The SMILES string of the molecule is Nc1ncc(-c2nn[nH]n2)o1. The molecule has 2 heterocycles. The Kier molecular flexibility index (Phi) is 1.08. The lowest BCUT2D eigenvalue weighted by molar-refractivity contribution is 0.590. The van der Waals surface area contributed by atoms with Gasteiger partial charge in [0.1, 0.15) is 0 Å². The van der Waals surface area contributed by atoms with E-state index in [9.17, 15) is 0 Å². The zero-order chi connectivity index (χ0) is 7.68. The fourth-order valence-electron chi connectivity index (χ4n) is 0.657. The van der Waals surface area contributed by atoms with Gasteiger partial charge >= 0.3 is 0 Å². The highest BCUT2D eigenvalue weighted by atomic mass is 16.4. The molecule has 0 amide bonds. The first-order valence-electron chi connectivity index (χ1n) is 2.81. The zero-order valence-electron chi connectivity index (χ0n) is 5.35. The highest BCUT2D eigenvalue weighted by Gasteiger charge is 2.07. The molecule has 0 unspecified atom stereocenters. The van der Waals surface area contributed by atoms with Gasteiger partial charge in [0.25, 0.3) is 6.01 Å². The molecule has 0 aliphatic rings. The molecule has 0 saturated carbocycles. The van der Waals surface area contributed by atoms with Crippen molar-refractivity contribution in [3.05, 3.63) is 6.20 Å². The van der Waals surface area contributed by atoms with Crippen LogP contribution in [0.25, 0.3) is 11.6 Å². The van der Waals surface area contributed by atoms with E-state index in [4.69, 9.17) is 10.2 Å². The van der Waals surface area contributed by atoms with E-state index in [-0.39, 0.29) is 6.01 Å². The standard InChI is InChI=1S/C4H4N6O/c5-4-6-1-2(11-4)3-7-9-10-8-3/h1H,(H2,5,6)(H,7,8,9,10). The zero-order valence-corrected chi connectivity index (χ0v) is 5.35. The van der Waals surface area contributed by atoms with E-state index >= 15 is 0 Å². The Labute approximate surface area is 60.6 Å². The smallest absolute Gasteiger partial charge is 0.292 e. The average Bonchev–Trinajstić information content (AvgIpc) is 2.55. The first kappa shape index (κ1) is 5.83. The molecule has 0 bridgehead atoms. The molecule has 0 saturated heterocycles. The molecule has 0 spiro atoms. The molecule has 3 N–H and O–H groups in total. The third-order valence-electron chi connectivity index (χ3n) is 1.09. The number of hydrogen-bond acceptors (Lipinski definition) is 6. The van der Waals surface area contributed by atoms with Gasteiger partial charge < -0.3 is 10.2 Å².